The lowest BCUT2D eigenvalue weighted by atomic mass is 10.2. The lowest BCUT2D eigenvalue weighted by molar-refractivity contribution is 0.271. The van der Waals surface area contributed by atoms with Gasteiger partial charge in [-0.3, -0.25) is 0 Å². The van der Waals surface area contributed by atoms with Crippen LogP contribution in [0.2, 0.25) is 0 Å². The van der Waals surface area contributed by atoms with Crippen molar-refractivity contribution < 1.29 is 0 Å². The van der Waals surface area contributed by atoms with Gasteiger partial charge in [-0.15, -0.1) is 5.10 Å². The molecule has 6 heteroatoms. The smallest absolute Gasteiger partial charge is 0.0946 e. The van der Waals surface area contributed by atoms with Crippen molar-refractivity contribution in [1.82, 2.24) is 14.5 Å². The van der Waals surface area contributed by atoms with Gasteiger partial charge in [-0.25, -0.2) is 0 Å². The summed E-state index contributed by atoms with van der Waals surface area (Å²) < 4.78 is 3.88. The van der Waals surface area contributed by atoms with Gasteiger partial charge in [0.05, 0.1) is 12.2 Å². The molecule has 1 aliphatic heterocycles. The Morgan fingerprint density at radius 1 is 1.24 bits per heavy atom. The van der Waals surface area contributed by atoms with Crippen LogP contribution in [0.4, 0.5) is 11.4 Å². The van der Waals surface area contributed by atoms with Crippen LogP contribution >= 0.6 is 11.5 Å². The Labute approximate surface area is 129 Å². The molecule has 2 aromatic rings. The quantitative estimate of drug-likeness (QED) is 0.918. The van der Waals surface area contributed by atoms with E-state index in [9.17, 15) is 0 Å². The van der Waals surface area contributed by atoms with Crippen LogP contribution in [0, 0.1) is 0 Å². The van der Waals surface area contributed by atoms with Crippen molar-refractivity contribution in [2.24, 2.45) is 0 Å². The Balaban J connectivity index is 1.60. The molecule has 0 radical (unpaired) electrons. The maximum atomic E-state index is 4.05. The maximum Gasteiger partial charge on any atom is 0.0946 e. The topological polar surface area (TPSA) is 44.3 Å². The fourth-order valence-electron chi connectivity index (χ4n) is 2.59. The van der Waals surface area contributed by atoms with E-state index in [1.165, 1.54) is 17.2 Å². The maximum absolute atomic E-state index is 4.05. The molecule has 1 aliphatic rings. The molecule has 1 aromatic carbocycles. The van der Waals surface area contributed by atoms with Crippen molar-refractivity contribution >= 4 is 22.9 Å². The summed E-state index contributed by atoms with van der Waals surface area (Å²) in [5, 5.41) is 9.44. The molecule has 21 heavy (non-hydrogen) atoms. The van der Waals surface area contributed by atoms with Crippen molar-refractivity contribution in [3.63, 3.8) is 0 Å². The molecule has 1 saturated heterocycles. The Hall–Kier alpha value is -1.66. The molecule has 0 aliphatic carbocycles. The van der Waals surface area contributed by atoms with Gasteiger partial charge in [-0.05, 0) is 36.3 Å². The number of rotatable bonds is 5. The van der Waals surface area contributed by atoms with E-state index in [-0.39, 0.29) is 0 Å². The second-order valence-electron chi connectivity index (χ2n) is 5.22. The van der Waals surface area contributed by atoms with E-state index in [0.717, 1.165) is 50.6 Å². The summed E-state index contributed by atoms with van der Waals surface area (Å²) in [7, 11) is 0. The summed E-state index contributed by atoms with van der Waals surface area (Å²) in [6.45, 7) is 8.62. The van der Waals surface area contributed by atoms with Gasteiger partial charge in [0.15, 0.2) is 0 Å². The minimum absolute atomic E-state index is 0.726. The summed E-state index contributed by atoms with van der Waals surface area (Å²) in [6.07, 6.45) is 0. The third kappa shape index (κ3) is 3.71. The molecule has 0 saturated carbocycles. The summed E-state index contributed by atoms with van der Waals surface area (Å²) in [6, 6.07) is 8.63. The minimum atomic E-state index is 0.726. The van der Waals surface area contributed by atoms with E-state index in [4.69, 9.17) is 0 Å². The zero-order chi connectivity index (χ0) is 14.5. The zero-order valence-corrected chi connectivity index (χ0v) is 13.1. The Kier molecular flexibility index (Phi) is 4.67. The predicted molar refractivity (Wildman–Crippen MR) is 88.0 cm³/mol. The molecule has 0 unspecified atom stereocenters. The fourth-order valence-corrected chi connectivity index (χ4v) is 3.04. The highest BCUT2D eigenvalue weighted by atomic mass is 32.1. The lowest BCUT2D eigenvalue weighted by Gasteiger charge is -2.35. The molecular formula is C15H21N5S. The van der Waals surface area contributed by atoms with Crippen molar-refractivity contribution in [2.45, 2.75) is 13.5 Å². The predicted octanol–water partition coefficient (Wildman–Crippen LogP) is 2.29. The number of hydrogen-bond acceptors (Lipinski definition) is 6. The van der Waals surface area contributed by atoms with Crippen LogP contribution in [0.15, 0.2) is 29.6 Å². The monoisotopic (exact) mass is 303 g/mol. The summed E-state index contributed by atoms with van der Waals surface area (Å²) in [5.74, 6) is 0. The standard InChI is InChI=1S/C15H21N5S/c1-2-19-6-8-20(9-7-19)15-5-3-4-13(10-15)16-11-14-12-21-18-17-14/h3-5,10,12,16H,2,6-9,11H2,1H3. The molecular weight excluding hydrogens is 282 g/mol. The Morgan fingerprint density at radius 2 is 2.10 bits per heavy atom. The third-order valence-electron chi connectivity index (χ3n) is 3.91. The van der Waals surface area contributed by atoms with E-state index >= 15 is 0 Å². The highest BCUT2D eigenvalue weighted by Gasteiger charge is 2.15. The zero-order valence-electron chi connectivity index (χ0n) is 12.3. The number of nitrogens with one attached hydrogen (secondary N) is 1. The van der Waals surface area contributed by atoms with E-state index in [2.05, 4.69) is 55.9 Å². The Morgan fingerprint density at radius 3 is 2.81 bits per heavy atom. The number of nitrogens with zero attached hydrogens (tertiary/aromatic N) is 4. The SMILES string of the molecule is CCN1CCN(c2cccc(NCc3csnn3)c2)CC1. The first-order valence-electron chi connectivity index (χ1n) is 7.42. The van der Waals surface area contributed by atoms with Crippen molar-refractivity contribution in [2.75, 3.05) is 42.9 Å². The number of benzene rings is 1. The Bertz CT molecular complexity index is 549. The number of hydrogen-bond donors (Lipinski definition) is 1. The van der Waals surface area contributed by atoms with Gasteiger partial charge in [0.1, 0.15) is 0 Å². The van der Waals surface area contributed by atoms with Gasteiger partial charge in [-0.2, -0.15) is 0 Å². The second-order valence-corrected chi connectivity index (χ2v) is 5.83. The largest absolute Gasteiger partial charge is 0.379 e. The van der Waals surface area contributed by atoms with E-state index in [1.54, 1.807) is 0 Å². The molecule has 1 aromatic heterocycles. The van der Waals surface area contributed by atoms with E-state index in [0.29, 0.717) is 0 Å². The van der Waals surface area contributed by atoms with Crippen LogP contribution in [0.25, 0.3) is 0 Å². The first-order valence-corrected chi connectivity index (χ1v) is 8.26. The number of piperazine rings is 1. The summed E-state index contributed by atoms with van der Waals surface area (Å²) in [4.78, 5) is 4.95. The van der Waals surface area contributed by atoms with Crippen molar-refractivity contribution in [1.29, 1.82) is 0 Å². The van der Waals surface area contributed by atoms with Crippen molar-refractivity contribution in [3.05, 3.63) is 35.3 Å². The molecule has 0 amide bonds. The molecule has 1 N–H and O–H groups in total. The first-order chi connectivity index (χ1) is 10.3. The molecule has 0 spiro atoms. The molecule has 5 nitrogen and oxygen atoms in total. The highest BCUT2D eigenvalue weighted by Crippen LogP contribution is 2.21. The van der Waals surface area contributed by atoms with Crippen molar-refractivity contribution in [3.8, 4) is 0 Å². The van der Waals surface area contributed by atoms with Gasteiger partial charge in [0.25, 0.3) is 0 Å². The lowest BCUT2D eigenvalue weighted by Crippen LogP contribution is -2.46. The molecule has 0 bridgehead atoms. The van der Waals surface area contributed by atoms with Gasteiger partial charge in [-0.1, -0.05) is 17.5 Å². The minimum Gasteiger partial charge on any atom is -0.379 e. The van der Waals surface area contributed by atoms with Crippen LogP contribution in [0.3, 0.4) is 0 Å². The molecule has 112 valence electrons. The number of aromatic nitrogens is 2. The van der Waals surface area contributed by atoms with Crippen LogP contribution < -0.4 is 10.2 Å². The molecule has 2 heterocycles. The molecule has 3 rings (SSSR count). The molecule has 0 atom stereocenters. The normalized spacial score (nSPS) is 16.1. The fraction of sp³-hybridized carbons (Fsp3) is 0.467. The molecule has 1 fully saturated rings. The van der Waals surface area contributed by atoms with Gasteiger partial charge in [0.2, 0.25) is 0 Å². The van der Waals surface area contributed by atoms with Crippen LogP contribution in [0.5, 0.6) is 0 Å². The summed E-state index contributed by atoms with van der Waals surface area (Å²) >= 11 is 1.39. The van der Waals surface area contributed by atoms with Gasteiger partial charge in [0, 0.05) is 42.9 Å². The average Bonchev–Trinajstić information content (AvgIpc) is 3.07. The van der Waals surface area contributed by atoms with Gasteiger partial charge >= 0.3 is 0 Å². The first kappa shape index (κ1) is 14.3. The number of likely N-dealkylation sites (N-methyl/N-ethyl adjacent to an activating group) is 1. The third-order valence-corrected chi connectivity index (χ3v) is 4.46. The highest BCUT2D eigenvalue weighted by molar-refractivity contribution is 7.03. The van der Waals surface area contributed by atoms with Crippen LogP contribution in [0.1, 0.15) is 12.6 Å². The van der Waals surface area contributed by atoms with Crippen LogP contribution in [-0.4, -0.2) is 47.2 Å². The van der Waals surface area contributed by atoms with Crippen LogP contribution in [-0.2, 0) is 6.54 Å². The number of anilines is 2. The summed E-state index contributed by atoms with van der Waals surface area (Å²) in [5.41, 5.74) is 3.42. The van der Waals surface area contributed by atoms with Gasteiger partial charge < -0.3 is 15.1 Å². The second kappa shape index (κ2) is 6.87. The van der Waals surface area contributed by atoms with E-state index < -0.39 is 0 Å². The van der Waals surface area contributed by atoms with E-state index in [1.807, 2.05) is 5.38 Å². The average molecular weight is 303 g/mol.